The van der Waals surface area contributed by atoms with Crippen LogP contribution in [0.3, 0.4) is 0 Å². The average molecular weight is 285 g/mol. The number of benzene rings is 1. The molecule has 1 atom stereocenters. The number of carbonyl (C=O) groups is 1. The molecule has 1 unspecified atom stereocenters. The lowest BCUT2D eigenvalue weighted by Crippen LogP contribution is -2.14. The van der Waals surface area contributed by atoms with Gasteiger partial charge in [-0.3, -0.25) is 4.79 Å². The van der Waals surface area contributed by atoms with Crippen LogP contribution in [0.25, 0.3) is 0 Å². The molecule has 1 aromatic carbocycles. The number of nitrogens with one attached hydrogen (secondary N) is 1. The van der Waals surface area contributed by atoms with Crippen molar-refractivity contribution < 1.29 is 9.53 Å². The quantitative estimate of drug-likeness (QED) is 0.595. The molecule has 0 spiro atoms. The molecular formula is C14H21ClN2O2. The predicted molar refractivity (Wildman–Crippen MR) is 79.4 cm³/mol. The molecule has 0 aliphatic heterocycles. The minimum absolute atomic E-state index is 0.0700. The van der Waals surface area contributed by atoms with Crippen molar-refractivity contribution in [2.45, 2.75) is 39.2 Å². The molecule has 19 heavy (non-hydrogen) atoms. The first-order valence-electron chi connectivity index (χ1n) is 6.49. The Labute approximate surface area is 119 Å². The van der Waals surface area contributed by atoms with E-state index in [1.165, 1.54) is 0 Å². The SMILES string of the molecule is CCC(C)OCCCC(=O)Nc1ccc(N)cc1Cl. The second-order valence-corrected chi connectivity index (χ2v) is 4.89. The lowest BCUT2D eigenvalue weighted by molar-refractivity contribution is -0.116. The van der Waals surface area contributed by atoms with Crippen molar-refractivity contribution in [2.75, 3.05) is 17.7 Å². The monoisotopic (exact) mass is 284 g/mol. The van der Waals surface area contributed by atoms with Crippen molar-refractivity contribution in [3.8, 4) is 0 Å². The Morgan fingerprint density at radius 1 is 1.53 bits per heavy atom. The first kappa shape index (κ1) is 15.8. The lowest BCUT2D eigenvalue weighted by Gasteiger charge is -2.10. The Kier molecular flexibility index (Phi) is 6.67. The highest BCUT2D eigenvalue weighted by Gasteiger charge is 2.06. The molecule has 0 aliphatic carbocycles. The Morgan fingerprint density at radius 2 is 2.26 bits per heavy atom. The van der Waals surface area contributed by atoms with Crippen LogP contribution in [0.1, 0.15) is 33.1 Å². The number of anilines is 2. The van der Waals surface area contributed by atoms with Gasteiger partial charge in [0, 0.05) is 18.7 Å². The van der Waals surface area contributed by atoms with E-state index in [1.807, 2.05) is 6.92 Å². The molecule has 0 saturated carbocycles. The van der Waals surface area contributed by atoms with Gasteiger partial charge in [-0.15, -0.1) is 0 Å². The van der Waals surface area contributed by atoms with Crippen molar-refractivity contribution >= 4 is 28.9 Å². The topological polar surface area (TPSA) is 64.3 Å². The van der Waals surface area contributed by atoms with Crippen LogP contribution in [0.15, 0.2) is 18.2 Å². The van der Waals surface area contributed by atoms with Crippen molar-refractivity contribution in [2.24, 2.45) is 0 Å². The molecule has 0 aliphatic rings. The molecule has 106 valence electrons. The summed E-state index contributed by atoms with van der Waals surface area (Å²) in [4.78, 5) is 11.7. The van der Waals surface area contributed by atoms with Crippen molar-refractivity contribution in [1.29, 1.82) is 0 Å². The number of ether oxygens (including phenoxy) is 1. The maximum Gasteiger partial charge on any atom is 0.224 e. The average Bonchev–Trinajstić information content (AvgIpc) is 2.37. The molecule has 1 amide bonds. The molecule has 0 radical (unpaired) electrons. The summed E-state index contributed by atoms with van der Waals surface area (Å²) < 4.78 is 5.51. The van der Waals surface area contributed by atoms with E-state index in [1.54, 1.807) is 18.2 Å². The molecule has 5 heteroatoms. The van der Waals surface area contributed by atoms with Gasteiger partial charge in [0.15, 0.2) is 0 Å². The van der Waals surface area contributed by atoms with E-state index in [-0.39, 0.29) is 12.0 Å². The molecule has 0 fully saturated rings. The number of rotatable bonds is 7. The van der Waals surface area contributed by atoms with Crippen LogP contribution in [0.2, 0.25) is 5.02 Å². The molecular weight excluding hydrogens is 264 g/mol. The van der Waals surface area contributed by atoms with E-state index in [9.17, 15) is 4.79 Å². The number of hydrogen-bond donors (Lipinski definition) is 2. The highest BCUT2D eigenvalue weighted by atomic mass is 35.5. The summed E-state index contributed by atoms with van der Waals surface area (Å²) in [6, 6.07) is 5.02. The molecule has 0 bridgehead atoms. The Morgan fingerprint density at radius 3 is 2.89 bits per heavy atom. The van der Waals surface area contributed by atoms with Crippen LogP contribution in [0.4, 0.5) is 11.4 Å². The first-order chi connectivity index (χ1) is 9.02. The largest absolute Gasteiger partial charge is 0.399 e. The van der Waals surface area contributed by atoms with Gasteiger partial charge in [-0.25, -0.2) is 0 Å². The summed E-state index contributed by atoms with van der Waals surface area (Å²) in [5, 5.41) is 3.21. The van der Waals surface area contributed by atoms with Crippen LogP contribution in [-0.4, -0.2) is 18.6 Å². The Balaban J connectivity index is 2.31. The second-order valence-electron chi connectivity index (χ2n) is 4.48. The summed E-state index contributed by atoms with van der Waals surface area (Å²) in [5.74, 6) is -0.0700. The third-order valence-electron chi connectivity index (χ3n) is 2.79. The first-order valence-corrected chi connectivity index (χ1v) is 6.87. The van der Waals surface area contributed by atoms with E-state index in [0.29, 0.717) is 35.8 Å². The molecule has 0 heterocycles. The van der Waals surface area contributed by atoms with Gasteiger partial charge in [0.25, 0.3) is 0 Å². The molecule has 0 saturated heterocycles. The maximum atomic E-state index is 11.7. The van der Waals surface area contributed by atoms with Gasteiger partial charge < -0.3 is 15.8 Å². The van der Waals surface area contributed by atoms with E-state index in [4.69, 9.17) is 22.1 Å². The van der Waals surface area contributed by atoms with Crippen LogP contribution >= 0.6 is 11.6 Å². The van der Waals surface area contributed by atoms with E-state index >= 15 is 0 Å². The molecule has 3 N–H and O–H groups in total. The van der Waals surface area contributed by atoms with E-state index < -0.39 is 0 Å². The zero-order chi connectivity index (χ0) is 14.3. The summed E-state index contributed by atoms with van der Waals surface area (Å²) in [6.45, 7) is 4.69. The van der Waals surface area contributed by atoms with Crippen LogP contribution in [0.5, 0.6) is 0 Å². The van der Waals surface area contributed by atoms with Crippen LogP contribution in [0, 0.1) is 0 Å². The summed E-state index contributed by atoms with van der Waals surface area (Å²) in [5.41, 5.74) is 6.75. The Hall–Kier alpha value is -1.26. The lowest BCUT2D eigenvalue weighted by atomic mass is 10.2. The highest BCUT2D eigenvalue weighted by molar-refractivity contribution is 6.34. The van der Waals surface area contributed by atoms with E-state index in [2.05, 4.69) is 12.2 Å². The van der Waals surface area contributed by atoms with E-state index in [0.717, 1.165) is 6.42 Å². The van der Waals surface area contributed by atoms with Crippen molar-refractivity contribution in [1.82, 2.24) is 0 Å². The minimum Gasteiger partial charge on any atom is -0.399 e. The highest BCUT2D eigenvalue weighted by Crippen LogP contribution is 2.24. The van der Waals surface area contributed by atoms with Crippen LogP contribution < -0.4 is 11.1 Å². The van der Waals surface area contributed by atoms with Gasteiger partial charge in [0.05, 0.1) is 16.8 Å². The third kappa shape index (κ3) is 5.94. The van der Waals surface area contributed by atoms with Crippen molar-refractivity contribution in [3.63, 3.8) is 0 Å². The van der Waals surface area contributed by atoms with Crippen LogP contribution in [-0.2, 0) is 9.53 Å². The molecule has 0 aromatic heterocycles. The zero-order valence-corrected chi connectivity index (χ0v) is 12.2. The third-order valence-corrected chi connectivity index (χ3v) is 3.11. The normalized spacial score (nSPS) is 12.2. The number of nitrogen functional groups attached to an aromatic ring is 1. The number of carbonyl (C=O) groups excluding carboxylic acids is 1. The van der Waals surface area contributed by atoms with Crippen molar-refractivity contribution in [3.05, 3.63) is 23.2 Å². The van der Waals surface area contributed by atoms with Gasteiger partial charge in [-0.05, 0) is 38.0 Å². The van der Waals surface area contributed by atoms with Gasteiger partial charge in [0.1, 0.15) is 0 Å². The smallest absolute Gasteiger partial charge is 0.224 e. The summed E-state index contributed by atoms with van der Waals surface area (Å²) >= 11 is 5.98. The standard InChI is InChI=1S/C14H21ClN2O2/c1-3-10(2)19-8-4-5-14(18)17-13-7-6-11(16)9-12(13)15/h6-7,9-10H,3-5,8,16H2,1-2H3,(H,17,18). The number of hydrogen-bond acceptors (Lipinski definition) is 3. The predicted octanol–water partition coefficient (Wildman–Crippen LogP) is 3.46. The second kappa shape index (κ2) is 8.02. The number of nitrogens with two attached hydrogens (primary N) is 1. The maximum absolute atomic E-state index is 11.7. The fourth-order valence-electron chi connectivity index (χ4n) is 1.48. The molecule has 4 nitrogen and oxygen atoms in total. The van der Waals surface area contributed by atoms with Gasteiger partial charge in [0.2, 0.25) is 5.91 Å². The Bertz CT molecular complexity index is 424. The van der Waals surface area contributed by atoms with Gasteiger partial charge >= 0.3 is 0 Å². The summed E-state index contributed by atoms with van der Waals surface area (Å²) in [6.07, 6.45) is 2.34. The molecule has 1 rings (SSSR count). The fourth-order valence-corrected chi connectivity index (χ4v) is 1.72. The zero-order valence-electron chi connectivity index (χ0n) is 11.4. The van der Waals surface area contributed by atoms with Gasteiger partial charge in [-0.1, -0.05) is 18.5 Å². The summed E-state index contributed by atoms with van der Waals surface area (Å²) in [7, 11) is 0. The number of halogens is 1. The number of amides is 1. The van der Waals surface area contributed by atoms with Gasteiger partial charge in [-0.2, -0.15) is 0 Å². The fraction of sp³-hybridized carbons (Fsp3) is 0.500. The molecule has 1 aromatic rings. The minimum atomic E-state index is -0.0700.